The van der Waals surface area contributed by atoms with Gasteiger partial charge >= 0.3 is 0 Å². The van der Waals surface area contributed by atoms with Gasteiger partial charge in [-0.3, -0.25) is 4.79 Å². The Bertz CT molecular complexity index is 639. The van der Waals surface area contributed by atoms with Gasteiger partial charge in [-0.15, -0.1) is 0 Å². The second-order valence-corrected chi connectivity index (χ2v) is 6.02. The number of hydrogen-bond acceptors (Lipinski definition) is 2. The molecule has 3 heteroatoms. The van der Waals surface area contributed by atoms with Crippen LogP contribution >= 0.6 is 0 Å². The smallest absolute Gasteiger partial charge is 0.251 e. The lowest BCUT2D eigenvalue weighted by molar-refractivity contribution is 0.0948. The van der Waals surface area contributed by atoms with Gasteiger partial charge in [-0.1, -0.05) is 35.9 Å². The largest absolute Gasteiger partial charge is 0.371 e. The van der Waals surface area contributed by atoms with E-state index in [4.69, 9.17) is 0 Å². The highest BCUT2D eigenvalue weighted by molar-refractivity contribution is 5.94. The maximum atomic E-state index is 12.2. The first-order valence-electron chi connectivity index (χ1n) is 7.87. The maximum Gasteiger partial charge on any atom is 0.251 e. The number of carbonyl (C=O) groups excluding carboxylic acids is 1. The molecule has 2 aromatic carbocycles. The van der Waals surface area contributed by atoms with Crippen LogP contribution in [-0.4, -0.2) is 25.5 Å². The van der Waals surface area contributed by atoms with E-state index in [0.717, 1.165) is 37.2 Å². The van der Waals surface area contributed by atoms with E-state index in [2.05, 4.69) is 34.5 Å². The van der Waals surface area contributed by atoms with E-state index < -0.39 is 0 Å². The van der Waals surface area contributed by atoms with Crippen LogP contribution in [0.25, 0.3) is 0 Å². The molecule has 0 saturated carbocycles. The predicted molar refractivity (Wildman–Crippen MR) is 90.3 cm³/mol. The fourth-order valence-electron chi connectivity index (χ4n) is 3.00. The van der Waals surface area contributed by atoms with Gasteiger partial charge in [0.25, 0.3) is 5.91 Å². The minimum Gasteiger partial charge on any atom is -0.371 e. The summed E-state index contributed by atoms with van der Waals surface area (Å²) in [5, 5.41) is 3.07. The molecule has 0 spiro atoms. The topological polar surface area (TPSA) is 32.3 Å². The standard InChI is InChI=1S/C19H22N2O/c1-15-6-5-7-17(12-15)19(22)20-13-16-10-11-21(14-16)18-8-3-2-4-9-18/h2-9,12,16H,10-11,13-14H2,1H3,(H,20,22)/t16-/m1/s1. The van der Waals surface area contributed by atoms with Crippen molar-refractivity contribution in [1.82, 2.24) is 5.32 Å². The third-order valence-electron chi connectivity index (χ3n) is 4.24. The van der Waals surface area contributed by atoms with Gasteiger partial charge in [-0.05, 0) is 43.5 Å². The normalized spacial score (nSPS) is 17.5. The van der Waals surface area contributed by atoms with E-state index in [1.807, 2.05) is 37.3 Å². The Labute approximate surface area is 132 Å². The van der Waals surface area contributed by atoms with Crippen LogP contribution in [0.1, 0.15) is 22.3 Å². The van der Waals surface area contributed by atoms with Gasteiger partial charge < -0.3 is 10.2 Å². The fraction of sp³-hybridized carbons (Fsp3) is 0.316. The molecule has 2 aromatic rings. The van der Waals surface area contributed by atoms with Crippen molar-refractivity contribution >= 4 is 11.6 Å². The molecule has 3 rings (SSSR count). The van der Waals surface area contributed by atoms with Gasteiger partial charge in [0, 0.05) is 30.9 Å². The minimum atomic E-state index is 0.0295. The van der Waals surface area contributed by atoms with Crippen molar-refractivity contribution < 1.29 is 4.79 Å². The molecule has 0 radical (unpaired) electrons. The van der Waals surface area contributed by atoms with Crippen LogP contribution in [-0.2, 0) is 0 Å². The number of anilines is 1. The second-order valence-electron chi connectivity index (χ2n) is 6.02. The Morgan fingerprint density at radius 2 is 2.00 bits per heavy atom. The Morgan fingerprint density at radius 1 is 1.18 bits per heavy atom. The lowest BCUT2D eigenvalue weighted by atomic mass is 10.1. The van der Waals surface area contributed by atoms with Gasteiger partial charge in [0.2, 0.25) is 0 Å². The van der Waals surface area contributed by atoms with Gasteiger partial charge in [0.1, 0.15) is 0 Å². The lowest BCUT2D eigenvalue weighted by Crippen LogP contribution is -2.31. The molecule has 1 amide bonds. The van der Waals surface area contributed by atoms with Crippen LogP contribution in [0.2, 0.25) is 0 Å². The molecule has 0 aliphatic carbocycles. The first-order valence-corrected chi connectivity index (χ1v) is 7.87. The number of rotatable bonds is 4. The summed E-state index contributed by atoms with van der Waals surface area (Å²) in [6.45, 7) is 4.83. The summed E-state index contributed by atoms with van der Waals surface area (Å²) < 4.78 is 0. The van der Waals surface area contributed by atoms with Crippen LogP contribution in [0.15, 0.2) is 54.6 Å². The van der Waals surface area contributed by atoms with E-state index in [1.54, 1.807) is 0 Å². The summed E-state index contributed by atoms with van der Waals surface area (Å²) in [7, 11) is 0. The predicted octanol–water partition coefficient (Wildman–Crippen LogP) is 3.25. The van der Waals surface area contributed by atoms with Crippen molar-refractivity contribution in [2.45, 2.75) is 13.3 Å². The van der Waals surface area contributed by atoms with Crippen LogP contribution in [0.3, 0.4) is 0 Å². The highest BCUT2D eigenvalue weighted by atomic mass is 16.1. The number of hydrogen-bond donors (Lipinski definition) is 1. The Hall–Kier alpha value is -2.29. The zero-order chi connectivity index (χ0) is 15.4. The quantitative estimate of drug-likeness (QED) is 0.939. The Morgan fingerprint density at radius 3 is 2.77 bits per heavy atom. The Balaban J connectivity index is 1.52. The number of nitrogens with one attached hydrogen (secondary N) is 1. The zero-order valence-electron chi connectivity index (χ0n) is 13.0. The Kier molecular flexibility index (Phi) is 4.42. The van der Waals surface area contributed by atoms with Crippen molar-refractivity contribution in [2.75, 3.05) is 24.5 Å². The van der Waals surface area contributed by atoms with E-state index in [-0.39, 0.29) is 5.91 Å². The summed E-state index contributed by atoms with van der Waals surface area (Å²) in [6.07, 6.45) is 1.13. The molecule has 0 unspecified atom stereocenters. The molecule has 1 fully saturated rings. The van der Waals surface area contributed by atoms with Crippen molar-refractivity contribution in [3.63, 3.8) is 0 Å². The number of nitrogens with zero attached hydrogens (tertiary/aromatic N) is 1. The molecule has 0 aromatic heterocycles. The molecular formula is C19H22N2O. The molecule has 3 nitrogen and oxygen atoms in total. The number of aryl methyl sites for hydroxylation is 1. The molecule has 0 bridgehead atoms. The van der Waals surface area contributed by atoms with Crippen LogP contribution in [0, 0.1) is 12.8 Å². The molecule has 1 saturated heterocycles. The molecule has 22 heavy (non-hydrogen) atoms. The van der Waals surface area contributed by atoms with Crippen LogP contribution in [0.5, 0.6) is 0 Å². The van der Waals surface area contributed by atoms with E-state index in [0.29, 0.717) is 5.92 Å². The maximum absolute atomic E-state index is 12.2. The van der Waals surface area contributed by atoms with Gasteiger partial charge in [-0.25, -0.2) is 0 Å². The second kappa shape index (κ2) is 6.65. The summed E-state index contributed by atoms with van der Waals surface area (Å²) in [6, 6.07) is 18.2. The molecule has 1 N–H and O–H groups in total. The van der Waals surface area contributed by atoms with E-state index >= 15 is 0 Å². The molecule has 1 heterocycles. The van der Waals surface area contributed by atoms with Gasteiger partial charge in [0.05, 0.1) is 0 Å². The minimum absolute atomic E-state index is 0.0295. The first kappa shape index (κ1) is 14.6. The average Bonchev–Trinajstić information content (AvgIpc) is 3.02. The highest BCUT2D eigenvalue weighted by Gasteiger charge is 2.23. The summed E-state index contributed by atoms with van der Waals surface area (Å²) in [4.78, 5) is 14.6. The zero-order valence-corrected chi connectivity index (χ0v) is 13.0. The summed E-state index contributed by atoms with van der Waals surface area (Å²) in [5.74, 6) is 0.552. The van der Waals surface area contributed by atoms with Crippen molar-refractivity contribution in [3.8, 4) is 0 Å². The highest BCUT2D eigenvalue weighted by Crippen LogP contribution is 2.23. The first-order chi connectivity index (χ1) is 10.7. The monoisotopic (exact) mass is 294 g/mol. The van der Waals surface area contributed by atoms with Crippen molar-refractivity contribution in [3.05, 3.63) is 65.7 Å². The van der Waals surface area contributed by atoms with E-state index in [9.17, 15) is 4.79 Å². The molecule has 1 aliphatic heterocycles. The summed E-state index contributed by atoms with van der Waals surface area (Å²) >= 11 is 0. The molecular weight excluding hydrogens is 272 g/mol. The number of para-hydroxylation sites is 1. The van der Waals surface area contributed by atoms with Crippen LogP contribution in [0.4, 0.5) is 5.69 Å². The third-order valence-corrected chi connectivity index (χ3v) is 4.24. The number of amides is 1. The molecule has 1 aliphatic rings. The van der Waals surface area contributed by atoms with Crippen molar-refractivity contribution in [2.24, 2.45) is 5.92 Å². The number of carbonyl (C=O) groups is 1. The summed E-state index contributed by atoms with van der Waals surface area (Å²) in [5.41, 5.74) is 3.14. The fourth-order valence-corrected chi connectivity index (χ4v) is 3.00. The lowest BCUT2D eigenvalue weighted by Gasteiger charge is -2.18. The third kappa shape index (κ3) is 3.48. The van der Waals surface area contributed by atoms with Crippen LogP contribution < -0.4 is 10.2 Å². The van der Waals surface area contributed by atoms with Gasteiger partial charge in [0.15, 0.2) is 0 Å². The van der Waals surface area contributed by atoms with E-state index in [1.165, 1.54) is 5.69 Å². The van der Waals surface area contributed by atoms with Crippen molar-refractivity contribution in [1.29, 1.82) is 0 Å². The number of benzene rings is 2. The average molecular weight is 294 g/mol. The molecule has 114 valence electrons. The molecule has 1 atom stereocenters. The SMILES string of the molecule is Cc1cccc(C(=O)NC[C@H]2CCN(c3ccccc3)C2)c1. The van der Waals surface area contributed by atoms with Gasteiger partial charge in [-0.2, -0.15) is 0 Å².